The molecule has 0 aliphatic heterocycles. The minimum absolute atomic E-state index is 0.0778. The van der Waals surface area contributed by atoms with Crippen molar-refractivity contribution >= 4 is 43.5 Å². The Morgan fingerprint density at radius 2 is 1.57 bits per heavy atom. The molecule has 0 aromatic heterocycles. The normalized spacial score (nSPS) is 12.0. The highest BCUT2D eigenvalue weighted by Crippen LogP contribution is 2.32. The molecule has 9 nitrogen and oxygen atoms in total. The van der Waals surface area contributed by atoms with Gasteiger partial charge in [0.25, 0.3) is 10.0 Å². The van der Waals surface area contributed by atoms with Gasteiger partial charge in [-0.25, -0.2) is 8.42 Å². The average molecular weight is 633 g/mol. The van der Waals surface area contributed by atoms with Crippen LogP contribution in [0.2, 0.25) is 0 Å². The Morgan fingerprint density at radius 1 is 0.900 bits per heavy atom. The molecule has 3 aromatic rings. The first-order valence-corrected chi connectivity index (χ1v) is 14.8. The second-order valence-corrected chi connectivity index (χ2v) is 12.1. The van der Waals surface area contributed by atoms with Gasteiger partial charge in [-0.2, -0.15) is 0 Å². The SMILES string of the molecule is COc1ccc(S(=O)(=O)N(CC(=O)N(Cc2cccc(Br)c2)C(C)C(=O)NC(C)C)c2ccccc2)cc1OC. The van der Waals surface area contributed by atoms with Crippen molar-refractivity contribution in [2.75, 3.05) is 25.1 Å². The highest BCUT2D eigenvalue weighted by Gasteiger charge is 2.33. The summed E-state index contributed by atoms with van der Waals surface area (Å²) in [4.78, 5) is 28.2. The van der Waals surface area contributed by atoms with Crippen LogP contribution in [0.4, 0.5) is 5.69 Å². The lowest BCUT2D eigenvalue weighted by atomic mass is 10.1. The van der Waals surface area contributed by atoms with E-state index in [1.165, 1.54) is 37.3 Å². The molecule has 0 fully saturated rings. The molecule has 0 spiro atoms. The van der Waals surface area contributed by atoms with Gasteiger partial charge in [0, 0.05) is 23.1 Å². The van der Waals surface area contributed by atoms with E-state index in [9.17, 15) is 18.0 Å². The van der Waals surface area contributed by atoms with E-state index in [0.29, 0.717) is 11.4 Å². The molecule has 1 unspecified atom stereocenters. The Bertz CT molecular complexity index is 1430. The number of carbonyl (C=O) groups is 2. The number of hydrogen-bond donors (Lipinski definition) is 1. The zero-order valence-corrected chi connectivity index (χ0v) is 25.5. The maximum Gasteiger partial charge on any atom is 0.264 e. The molecule has 0 aliphatic rings. The second-order valence-electron chi connectivity index (χ2n) is 9.35. The summed E-state index contributed by atoms with van der Waals surface area (Å²) in [5.41, 5.74) is 1.08. The van der Waals surface area contributed by atoms with Gasteiger partial charge >= 0.3 is 0 Å². The van der Waals surface area contributed by atoms with Crippen LogP contribution in [-0.4, -0.2) is 58.0 Å². The molecular formula is C29H34BrN3O6S. The van der Waals surface area contributed by atoms with E-state index in [2.05, 4.69) is 21.2 Å². The van der Waals surface area contributed by atoms with Gasteiger partial charge in [0.15, 0.2) is 11.5 Å². The Kier molecular flexibility index (Phi) is 10.6. The van der Waals surface area contributed by atoms with Crippen molar-refractivity contribution in [2.45, 2.75) is 44.3 Å². The van der Waals surface area contributed by atoms with Gasteiger partial charge in [-0.3, -0.25) is 13.9 Å². The summed E-state index contributed by atoms with van der Waals surface area (Å²) >= 11 is 3.44. The molecule has 40 heavy (non-hydrogen) atoms. The predicted octanol–water partition coefficient (Wildman–Crippen LogP) is 4.60. The maximum atomic E-state index is 14.0. The summed E-state index contributed by atoms with van der Waals surface area (Å²) < 4.78 is 40.4. The Balaban J connectivity index is 2.05. The number of nitrogens with one attached hydrogen (secondary N) is 1. The molecule has 2 amide bonds. The van der Waals surface area contributed by atoms with E-state index < -0.39 is 28.5 Å². The Morgan fingerprint density at radius 3 is 2.17 bits per heavy atom. The Hall–Kier alpha value is -3.57. The van der Waals surface area contributed by atoms with Crippen LogP contribution >= 0.6 is 15.9 Å². The molecule has 214 valence electrons. The molecule has 1 atom stereocenters. The third-order valence-corrected chi connectivity index (χ3v) is 8.37. The van der Waals surface area contributed by atoms with Gasteiger partial charge < -0.3 is 19.7 Å². The number of sulfonamides is 1. The fourth-order valence-corrected chi connectivity index (χ4v) is 5.92. The predicted molar refractivity (Wildman–Crippen MR) is 158 cm³/mol. The number of halogens is 1. The lowest BCUT2D eigenvalue weighted by molar-refractivity contribution is -0.139. The molecule has 0 bridgehead atoms. The van der Waals surface area contributed by atoms with Crippen molar-refractivity contribution in [3.63, 3.8) is 0 Å². The first-order chi connectivity index (χ1) is 19.0. The topological polar surface area (TPSA) is 105 Å². The second kappa shape index (κ2) is 13.7. The number of hydrogen-bond acceptors (Lipinski definition) is 6. The van der Waals surface area contributed by atoms with E-state index in [1.54, 1.807) is 37.3 Å². The summed E-state index contributed by atoms with van der Waals surface area (Å²) in [6, 6.07) is 19.0. The molecule has 0 heterocycles. The van der Waals surface area contributed by atoms with E-state index in [4.69, 9.17) is 9.47 Å². The quantitative estimate of drug-likeness (QED) is 0.313. The number of benzene rings is 3. The van der Waals surface area contributed by atoms with Crippen molar-refractivity contribution < 1.29 is 27.5 Å². The molecular weight excluding hydrogens is 598 g/mol. The molecule has 0 aliphatic carbocycles. The number of nitrogens with zero attached hydrogens (tertiary/aromatic N) is 2. The summed E-state index contributed by atoms with van der Waals surface area (Å²) in [5, 5.41) is 2.84. The number of para-hydroxylation sites is 1. The fourth-order valence-electron chi connectivity index (χ4n) is 4.05. The van der Waals surface area contributed by atoms with Crippen LogP contribution in [-0.2, 0) is 26.2 Å². The van der Waals surface area contributed by atoms with Crippen molar-refractivity contribution in [1.82, 2.24) is 10.2 Å². The van der Waals surface area contributed by atoms with Crippen LogP contribution in [0.5, 0.6) is 11.5 Å². The highest BCUT2D eigenvalue weighted by atomic mass is 79.9. The molecule has 3 aromatic carbocycles. The van der Waals surface area contributed by atoms with Crippen molar-refractivity contribution in [1.29, 1.82) is 0 Å². The minimum Gasteiger partial charge on any atom is -0.493 e. The number of amides is 2. The number of ether oxygens (including phenoxy) is 2. The zero-order chi connectivity index (χ0) is 29.4. The minimum atomic E-state index is -4.24. The van der Waals surface area contributed by atoms with E-state index in [1.807, 2.05) is 38.1 Å². The zero-order valence-electron chi connectivity index (χ0n) is 23.1. The lowest BCUT2D eigenvalue weighted by Gasteiger charge is -2.32. The number of rotatable bonds is 12. The first kappa shape index (κ1) is 31.0. The van der Waals surface area contributed by atoms with Gasteiger partial charge in [-0.15, -0.1) is 0 Å². The molecule has 0 saturated carbocycles. The van der Waals surface area contributed by atoms with Crippen molar-refractivity contribution in [2.24, 2.45) is 0 Å². The van der Waals surface area contributed by atoms with Gasteiger partial charge in [-0.05, 0) is 62.7 Å². The standard InChI is InChI=1S/C29H34BrN3O6S/c1-20(2)31-29(35)21(3)32(18-22-10-9-11-23(30)16-22)28(34)19-33(24-12-7-6-8-13-24)40(36,37)25-14-15-26(38-4)27(17-25)39-5/h6-17,20-21H,18-19H2,1-5H3,(H,31,35). The molecule has 1 N–H and O–H groups in total. The van der Waals surface area contributed by atoms with Gasteiger partial charge in [0.1, 0.15) is 12.6 Å². The largest absolute Gasteiger partial charge is 0.493 e. The molecule has 0 saturated heterocycles. The van der Waals surface area contributed by atoms with Gasteiger partial charge in [0.05, 0.1) is 24.8 Å². The smallest absolute Gasteiger partial charge is 0.264 e. The lowest BCUT2D eigenvalue weighted by Crippen LogP contribution is -2.52. The van der Waals surface area contributed by atoms with Crippen LogP contribution in [0.1, 0.15) is 26.3 Å². The van der Waals surface area contributed by atoms with Crippen LogP contribution in [0.25, 0.3) is 0 Å². The highest BCUT2D eigenvalue weighted by molar-refractivity contribution is 9.10. The van der Waals surface area contributed by atoms with E-state index >= 15 is 0 Å². The fraction of sp³-hybridized carbons (Fsp3) is 0.310. The van der Waals surface area contributed by atoms with Crippen LogP contribution in [0, 0.1) is 0 Å². The van der Waals surface area contributed by atoms with Crippen molar-refractivity contribution in [3.8, 4) is 11.5 Å². The number of carbonyl (C=O) groups excluding carboxylic acids is 2. The summed E-state index contributed by atoms with van der Waals surface area (Å²) in [7, 11) is -1.37. The van der Waals surface area contributed by atoms with E-state index in [0.717, 1.165) is 14.3 Å². The third-order valence-electron chi connectivity index (χ3n) is 6.11. The van der Waals surface area contributed by atoms with Crippen molar-refractivity contribution in [3.05, 3.63) is 82.8 Å². The van der Waals surface area contributed by atoms with Gasteiger partial charge in [0.2, 0.25) is 11.8 Å². The van der Waals surface area contributed by atoms with Crippen LogP contribution < -0.4 is 19.1 Å². The number of methoxy groups -OCH3 is 2. The molecule has 11 heteroatoms. The van der Waals surface area contributed by atoms with E-state index in [-0.39, 0.29) is 29.1 Å². The van der Waals surface area contributed by atoms with Crippen LogP contribution in [0.15, 0.2) is 82.2 Å². The first-order valence-electron chi connectivity index (χ1n) is 12.6. The Labute approximate surface area is 244 Å². The average Bonchev–Trinajstić information content (AvgIpc) is 2.93. The summed E-state index contributed by atoms with van der Waals surface area (Å²) in [6.45, 7) is 4.86. The summed E-state index contributed by atoms with van der Waals surface area (Å²) in [6.07, 6.45) is 0. The van der Waals surface area contributed by atoms with Crippen LogP contribution in [0.3, 0.4) is 0 Å². The summed E-state index contributed by atoms with van der Waals surface area (Å²) in [5.74, 6) is -0.279. The number of anilines is 1. The molecule has 0 radical (unpaired) electrons. The molecule has 3 rings (SSSR count). The monoisotopic (exact) mass is 631 g/mol. The third kappa shape index (κ3) is 7.54. The maximum absolute atomic E-state index is 14.0. The van der Waals surface area contributed by atoms with Gasteiger partial charge in [-0.1, -0.05) is 46.3 Å².